The molecule has 96 valence electrons. The molecule has 0 aromatic heterocycles. The SMILES string of the molecule is CC(C)(C)SC1=C(Cl)C(=O)OC1c1ccccc1. The van der Waals surface area contributed by atoms with Crippen molar-refractivity contribution in [3.8, 4) is 0 Å². The van der Waals surface area contributed by atoms with Gasteiger partial charge in [0.15, 0.2) is 6.10 Å². The van der Waals surface area contributed by atoms with Crippen LogP contribution in [0.1, 0.15) is 32.4 Å². The summed E-state index contributed by atoms with van der Waals surface area (Å²) < 4.78 is 5.33. The molecule has 2 rings (SSSR count). The molecule has 0 spiro atoms. The minimum absolute atomic E-state index is 0.0174. The van der Waals surface area contributed by atoms with E-state index in [1.54, 1.807) is 11.8 Å². The molecule has 18 heavy (non-hydrogen) atoms. The fraction of sp³-hybridized carbons (Fsp3) is 0.357. The predicted octanol–water partition coefficient (Wildman–Crippen LogP) is 4.27. The second-order valence-corrected chi connectivity index (χ2v) is 7.34. The summed E-state index contributed by atoms with van der Waals surface area (Å²) in [7, 11) is 0. The zero-order valence-corrected chi connectivity index (χ0v) is 12.1. The smallest absolute Gasteiger partial charge is 0.351 e. The van der Waals surface area contributed by atoms with E-state index < -0.39 is 5.97 Å². The first-order valence-corrected chi connectivity index (χ1v) is 6.92. The Morgan fingerprint density at radius 3 is 2.39 bits per heavy atom. The number of hydrogen-bond donors (Lipinski definition) is 0. The van der Waals surface area contributed by atoms with E-state index in [1.807, 2.05) is 30.3 Å². The van der Waals surface area contributed by atoms with E-state index in [0.717, 1.165) is 10.5 Å². The molecule has 0 aliphatic carbocycles. The molecule has 0 N–H and O–H groups in total. The maximum atomic E-state index is 11.6. The van der Waals surface area contributed by atoms with Crippen molar-refractivity contribution in [3.63, 3.8) is 0 Å². The average Bonchev–Trinajstić information content (AvgIpc) is 2.57. The van der Waals surface area contributed by atoms with Crippen LogP contribution in [0, 0.1) is 0 Å². The molecule has 1 aliphatic heterocycles. The van der Waals surface area contributed by atoms with E-state index in [0.29, 0.717) is 0 Å². The van der Waals surface area contributed by atoms with Crippen LogP contribution in [0.2, 0.25) is 0 Å². The number of thioether (sulfide) groups is 1. The molecule has 1 atom stereocenters. The fourth-order valence-electron chi connectivity index (χ4n) is 1.70. The van der Waals surface area contributed by atoms with Gasteiger partial charge in [-0.25, -0.2) is 4.79 Å². The van der Waals surface area contributed by atoms with E-state index in [2.05, 4.69) is 20.8 Å². The van der Waals surface area contributed by atoms with Crippen molar-refractivity contribution in [1.29, 1.82) is 0 Å². The Morgan fingerprint density at radius 2 is 1.83 bits per heavy atom. The van der Waals surface area contributed by atoms with E-state index in [1.165, 1.54) is 0 Å². The third-order valence-corrected chi connectivity index (χ3v) is 4.10. The first-order chi connectivity index (χ1) is 8.38. The molecule has 0 bridgehead atoms. The van der Waals surface area contributed by atoms with Gasteiger partial charge in [-0.15, -0.1) is 11.8 Å². The Morgan fingerprint density at radius 1 is 1.22 bits per heavy atom. The number of benzene rings is 1. The lowest BCUT2D eigenvalue weighted by atomic mass is 10.1. The van der Waals surface area contributed by atoms with Crippen LogP contribution in [-0.4, -0.2) is 10.7 Å². The van der Waals surface area contributed by atoms with Crippen LogP contribution in [0.15, 0.2) is 40.3 Å². The van der Waals surface area contributed by atoms with Crippen molar-refractivity contribution in [2.45, 2.75) is 31.6 Å². The van der Waals surface area contributed by atoms with Crippen molar-refractivity contribution in [3.05, 3.63) is 45.8 Å². The second-order valence-electron chi connectivity index (χ2n) is 5.09. The summed E-state index contributed by atoms with van der Waals surface area (Å²) in [4.78, 5) is 12.4. The van der Waals surface area contributed by atoms with Gasteiger partial charge in [-0.2, -0.15) is 0 Å². The number of halogens is 1. The summed E-state index contributed by atoms with van der Waals surface area (Å²) >= 11 is 7.64. The van der Waals surface area contributed by atoms with Crippen molar-refractivity contribution >= 4 is 29.3 Å². The molecule has 1 unspecified atom stereocenters. The third kappa shape index (κ3) is 2.90. The number of carbonyl (C=O) groups excluding carboxylic acids is 1. The lowest BCUT2D eigenvalue weighted by Gasteiger charge is -2.22. The molecule has 0 saturated heterocycles. The molecule has 2 nitrogen and oxygen atoms in total. The first-order valence-electron chi connectivity index (χ1n) is 5.73. The Kier molecular flexibility index (Phi) is 3.74. The second kappa shape index (κ2) is 4.98. The summed E-state index contributed by atoms with van der Waals surface area (Å²) in [5, 5.41) is 0.212. The van der Waals surface area contributed by atoms with Crippen LogP contribution in [0.4, 0.5) is 0 Å². The maximum absolute atomic E-state index is 11.6. The standard InChI is InChI=1S/C14H15ClO2S/c1-14(2,3)18-12-10(15)13(16)17-11(12)9-7-5-4-6-8-9/h4-8,11H,1-3H3. The third-order valence-electron chi connectivity index (χ3n) is 2.38. The van der Waals surface area contributed by atoms with Crippen LogP contribution in [0.3, 0.4) is 0 Å². The van der Waals surface area contributed by atoms with E-state index >= 15 is 0 Å². The average molecular weight is 283 g/mol. The van der Waals surface area contributed by atoms with Gasteiger partial charge in [0.2, 0.25) is 0 Å². The van der Waals surface area contributed by atoms with Gasteiger partial charge in [0.25, 0.3) is 0 Å². The van der Waals surface area contributed by atoms with Crippen LogP contribution in [-0.2, 0) is 9.53 Å². The minimum Gasteiger partial charge on any atom is -0.448 e. The molecule has 1 aliphatic rings. The normalized spacial score (nSPS) is 20.2. The highest BCUT2D eigenvalue weighted by Crippen LogP contribution is 2.47. The van der Waals surface area contributed by atoms with Gasteiger partial charge < -0.3 is 4.74 Å². The van der Waals surface area contributed by atoms with E-state index in [9.17, 15) is 4.79 Å². The molecule has 1 heterocycles. The van der Waals surface area contributed by atoms with Crippen LogP contribution >= 0.6 is 23.4 Å². The Balaban J connectivity index is 2.35. The summed E-state index contributed by atoms with van der Waals surface area (Å²) in [5.74, 6) is -0.433. The molecular weight excluding hydrogens is 268 g/mol. The van der Waals surface area contributed by atoms with Crippen LogP contribution in [0.5, 0.6) is 0 Å². The van der Waals surface area contributed by atoms with Gasteiger partial charge in [-0.1, -0.05) is 62.7 Å². The highest BCUT2D eigenvalue weighted by Gasteiger charge is 2.36. The number of esters is 1. The monoisotopic (exact) mass is 282 g/mol. The van der Waals surface area contributed by atoms with Gasteiger partial charge >= 0.3 is 5.97 Å². The van der Waals surface area contributed by atoms with Gasteiger partial charge in [-0.05, 0) is 5.56 Å². The molecule has 0 fully saturated rings. The summed E-state index contributed by atoms with van der Waals surface area (Å²) in [5.41, 5.74) is 0.952. The number of carbonyl (C=O) groups is 1. The van der Waals surface area contributed by atoms with Crippen LogP contribution in [0.25, 0.3) is 0 Å². The molecule has 1 aromatic rings. The zero-order valence-electron chi connectivity index (χ0n) is 10.6. The van der Waals surface area contributed by atoms with Gasteiger partial charge in [0.1, 0.15) is 5.03 Å². The largest absolute Gasteiger partial charge is 0.448 e. The van der Waals surface area contributed by atoms with Gasteiger partial charge in [0, 0.05) is 4.75 Å². The maximum Gasteiger partial charge on any atom is 0.351 e. The molecule has 4 heteroatoms. The highest BCUT2D eigenvalue weighted by molar-refractivity contribution is 8.04. The summed E-state index contributed by atoms with van der Waals surface area (Å²) in [6, 6.07) is 9.67. The highest BCUT2D eigenvalue weighted by atomic mass is 35.5. The van der Waals surface area contributed by atoms with E-state index in [4.69, 9.17) is 16.3 Å². The predicted molar refractivity (Wildman–Crippen MR) is 75.5 cm³/mol. The molecule has 0 amide bonds. The lowest BCUT2D eigenvalue weighted by molar-refractivity contribution is -0.139. The number of ether oxygens (including phenoxy) is 1. The minimum atomic E-state index is -0.433. The fourth-order valence-corrected chi connectivity index (χ4v) is 3.09. The topological polar surface area (TPSA) is 26.3 Å². The van der Waals surface area contributed by atoms with Crippen molar-refractivity contribution in [2.75, 3.05) is 0 Å². The van der Waals surface area contributed by atoms with Gasteiger partial charge in [0.05, 0.1) is 4.91 Å². The number of rotatable bonds is 2. The molecule has 0 saturated carbocycles. The van der Waals surface area contributed by atoms with E-state index in [-0.39, 0.29) is 15.9 Å². The molecule has 0 radical (unpaired) electrons. The molecule has 1 aromatic carbocycles. The number of cyclic esters (lactones) is 1. The Labute approximate surface area is 116 Å². The van der Waals surface area contributed by atoms with Gasteiger partial charge in [-0.3, -0.25) is 0 Å². The van der Waals surface area contributed by atoms with Crippen molar-refractivity contribution in [1.82, 2.24) is 0 Å². The lowest BCUT2D eigenvalue weighted by Crippen LogP contribution is -2.10. The van der Waals surface area contributed by atoms with Crippen LogP contribution < -0.4 is 0 Å². The zero-order chi connectivity index (χ0) is 13.3. The number of hydrogen-bond acceptors (Lipinski definition) is 3. The summed E-state index contributed by atoms with van der Waals surface area (Å²) in [6.45, 7) is 6.25. The molecular formula is C14H15ClO2S. The summed E-state index contributed by atoms with van der Waals surface area (Å²) in [6.07, 6.45) is -0.365. The Bertz CT molecular complexity index is 488. The first kappa shape index (κ1) is 13.5. The Hall–Kier alpha value is -0.930. The van der Waals surface area contributed by atoms with Crippen molar-refractivity contribution < 1.29 is 9.53 Å². The van der Waals surface area contributed by atoms with Crippen molar-refractivity contribution in [2.24, 2.45) is 0 Å². The quantitative estimate of drug-likeness (QED) is 0.758.